The maximum Gasteiger partial charge on any atom is 0.258 e. The number of carbonyl (C=O) groups excluding carboxylic acids is 1. The van der Waals surface area contributed by atoms with Gasteiger partial charge >= 0.3 is 0 Å². The Hall–Kier alpha value is -3.57. The summed E-state index contributed by atoms with van der Waals surface area (Å²) < 4.78 is 0. The first-order valence-corrected chi connectivity index (χ1v) is 12.5. The summed E-state index contributed by atoms with van der Waals surface area (Å²) in [6.45, 7) is 3.45. The molecule has 184 valence electrons. The lowest BCUT2D eigenvalue weighted by Gasteiger charge is -2.34. The number of benzene rings is 1. The molecular formula is C27H34N6O2. The van der Waals surface area contributed by atoms with Crippen LogP contribution in [0.1, 0.15) is 54.4 Å². The molecule has 3 aliphatic rings. The summed E-state index contributed by atoms with van der Waals surface area (Å²) in [6.07, 6.45) is 10.2. The number of nitrogens with zero attached hydrogens (tertiary/aromatic N) is 3. The van der Waals surface area contributed by atoms with Crippen LogP contribution in [0, 0.1) is 17.2 Å². The molecule has 35 heavy (non-hydrogen) atoms. The number of nitrogens with one attached hydrogen (secondary N) is 3. The van der Waals surface area contributed by atoms with Gasteiger partial charge in [-0.2, -0.15) is 5.26 Å². The van der Waals surface area contributed by atoms with Crippen molar-refractivity contribution in [1.29, 1.82) is 5.26 Å². The largest absolute Gasteiger partial charge is 0.396 e. The van der Waals surface area contributed by atoms with Crippen LogP contribution >= 0.6 is 0 Å². The zero-order valence-electron chi connectivity index (χ0n) is 20.1. The highest BCUT2D eigenvalue weighted by Crippen LogP contribution is 2.31. The molecule has 3 aliphatic heterocycles. The lowest BCUT2D eigenvalue weighted by atomic mass is 9.92. The molecule has 0 aliphatic carbocycles. The first kappa shape index (κ1) is 24.6. The second kappa shape index (κ2) is 12.2. The van der Waals surface area contributed by atoms with Crippen LogP contribution in [-0.2, 0) is 0 Å². The number of rotatable bonds is 5. The summed E-state index contributed by atoms with van der Waals surface area (Å²) in [5.74, 6) is 1.31. The predicted molar refractivity (Wildman–Crippen MR) is 140 cm³/mol. The van der Waals surface area contributed by atoms with E-state index < -0.39 is 0 Å². The smallest absolute Gasteiger partial charge is 0.258 e. The Kier molecular flexibility index (Phi) is 8.58. The van der Waals surface area contributed by atoms with Gasteiger partial charge in [0.2, 0.25) is 0 Å². The van der Waals surface area contributed by atoms with Gasteiger partial charge in [-0.1, -0.05) is 12.2 Å². The summed E-state index contributed by atoms with van der Waals surface area (Å²) in [7, 11) is 0. The second-order valence-electron chi connectivity index (χ2n) is 9.10. The van der Waals surface area contributed by atoms with E-state index in [0.29, 0.717) is 35.2 Å². The predicted octanol–water partition coefficient (Wildman–Crippen LogP) is 4.37. The number of aliphatic hydroxyl groups is 1. The molecule has 0 spiro atoms. The number of unbranched alkanes of at least 4 members (excludes halogenated alkanes) is 1. The molecule has 1 saturated heterocycles. The molecule has 5 rings (SSSR count). The molecule has 1 amide bonds. The maximum absolute atomic E-state index is 13.4. The van der Waals surface area contributed by atoms with Gasteiger partial charge in [-0.3, -0.25) is 4.79 Å². The number of anilines is 4. The van der Waals surface area contributed by atoms with Crippen molar-refractivity contribution in [1.82, 2.24) is 4.98 Å². The third kappa shape index (κ3) is 6.52. The number of piperidine rings is 1. The Morgan fingerprint density at radius 2 is 2.03 bits per heavy atom. The fourth-order valence-electron chi connectivity index (χ4n) is 4.59. The molecule has 0 atom stereocenters. The Labute approximate surface area is 207 Å². The van der Waals surface area contributed by atoms with E-state index in [1.807, 2.05) is 12.1 Å². The minimum atomic E-state index is -0.219. The summed E-state index contributed by atoms with van der Waals surface area (Å²) in [5.41, 5.74) is 2.94. The Bertz CT molecular complexity index is 1090. The molecule has 1 aromatic carbocycles. The van der Waals surface area contributed by atoms with Crippen LogP contribution < -0.4 is 20.9 Å². The van der Waals surface area contributed by atoms with E-state index in [-0.39, 0.29) is 12.5 Å². The number of aliphatic hydroxyl groups excluding tert-OH is 1. The monoisotopic (exact) mass is 474 g/mol. The van der Waals surface area contributed by atoms with E-state index in [2.05, 4.69) is 50.1 Å². The van der Waals surface area contributed by atoms with Crippen molar-refractivity contribution in [2.75, 3.05) is 53.6 Å². The highest BCUT2D eigenvalue weighted by Gasteiger charge is 2.23. The number of allylic oxidation sites excluding steroid dienone is 1. The minimum Gasteiger partial charge on any atom is -0.396 e. The van der Waals surface area contributed by atoms with Crippen LogP contribution in [0.2, 0.25) is 0 Å². The van der Waals surface area contributed by atoms with Crippen LogP contribution in [0.5, 0.6) is 0 Å². The molecular weight excluding hydrogens is 440 g/mol. The minimum absolute atomic E-state index is 0.191. The van der Waals surface area contributed by atoms with E-state index >= 15 is 0 Å². The van der Waals surface area contributed by atoms with Crippen molar-refractivity contribution in [3.8, 4) is 6.07 Å². The summed E-state index contributed by atoms with van der Waals surface area (Å²) in [4.78, 5) is 20.2. The summed E-state index contributed by atoms with van der Waals surface area (Å²) in [5, 5.41) is 28.1. The topological polar surface area (TPSA) is 113 Å². The average molecular weight is 475 g/mol. The summed E-state index contributed by atoms with van der Waals surface area (Å²) >= 11 is 0. The normalized spacial score (nSPS) is 17.5. The Balaban J connectivity index is 1.63. The van der Waals surface area contributed by atoms with Crippen LogP contribution in [-0.4, -0.2) is 48.8 Å². The first-order chi connectivity index (χ1) is 17.2. The lowest BCUT2D eigenvalue weighted by molar-refractivity contribution is 0.102. The number of nitriles is 1. The van der Waals surface area contributed by atoms with Gasteiger partial charge in [-0.05, 0) is 74.8 Å². The first-order valence-electron chi connectivity index (χ1n) is 12.5. The molecule has 0 saturated carbocycles. The van der Waals surface area contributed by atoms with E-state index in [1.165, 1.54) is 0 Å². The molecule has 4 bridgehead atoms. The Morgan fingerprint density at radius 3 is 2.83 bits per heavy atom. The zero-order valence-corrected chi connectivity index (χ0v) is 20.1. The SMILES string of the molecule is N#Cc1ccc2nc1NCC/C=C/CC1CCN(CC1)c1cc(NCCCCO)ccc1C(=O)N2. The van der Waals surface area contributed by atoms with Gasteiger partial charge in [-0.15, -0.1) is 0 Å². The van der Waals surface area contributed by atoms with Crippen molar-refractivity contribution >= 4 is 28.9 Å². The summed E-state index contributed by atoms with van der Waals surface area (Å²) in [6, 6.07) is 11.4. The molecule has 8 nitrogen and oxygen atoms in total. The van der Waals surface area contributed by atoms with Crippen molar-refractivity contribution in [3.63, 3.8) is 0 Å². The number of aromatic nitrogens is 1. The van der Waals surface area contributed by atoms with Gasteiger partial charge < -0.3 is 26.0 Å². The van der Waals surface area contributed by atoms with Crippen molar-refractivity contribution in [3.05, 3.63) is 53.6 Å². The number of fused-ring (bicyclic) bond motifs is 7. The molecule has 0 unspecified atom stereocenters. The van der Waals surface area contributed by atoms with E-state index in [4.69, 9.17) is 5.11 Å². The van der Waals surface area contributed by atoms with Crippen molar-refractivity contribution in [2.24, 2.45) is 5.92 Å². The van der Waals surface area contributed by atoms with Gasteiger partial charge in [-0.25, -0.2) is 4.98 Å². The maximum atomic E-state index is 13.4. The van der Waals surface area contributed by atoms with Crippen LogP contribution in [0.15, 0.2) is 42.5 Å². The number of hydrogen-bond acceptors (Lipinski definition) is 7. The number of pyridine rings is 1. The fourth-order valence-corrected chi connectivity index (χ4v) is 4.59. The van der Waals surface area contributed by atoms with Crippen LogP contribution in [0.25, 0.3) is 0 Å². The molecule has 1 fully saturated rings. The van der Waals surface area contributed by atoms with Crippen molar-refractivity contribution < 1.29 is 9.90 Å². The number of hydrogen-bond donors (Lipinski definition) is 4. The third-order valence-electron chi connectivity index (χ3n) is 6.61. The van der Waals surface area contributed by atoms with E-state index in [9.17, 15) is 10.1 Å². The molecule has 4 N–H and O–H groups in total. The van der Waals surface area contributed by atoms with Crippen LogP contribution in [0.4, 0.5) is 23.0 Å². The Morgan fingerprint density at radius 1 is 1.17 bits per heavy atom. The number of amides is 1. The standard InChI is InChI=1S/C27H34N6O2/c28-19-21-7-10-25-31-26(21)30-14-3-1-2-6-20-11-15-33(16-12-20)24-18-22(29-13-4-5-17-34)8-9-23(24)27(35)32-25/h1-2,7-10,18,20,29,34H,3-6,11-17H2,(H2,30,31,32,35)/b2-1+. The van der Waals surface area contributed by atoms with Gasteiger partial charge in [0.25, 0.3) is 5.91 Å². The molecule has 8 heteroatoms. The third-order valence-corrected chi connectivity index (χ3v) is 6.61. The van der Waals surface area contributed by atoms with Gasteiger partial charge in [0.15, 0.2) is 0 Å². The highest BCUT2D eigenvalue weighted by molar-refractivity contribution is 6.08. The van der Waals surface area contributed by atoms with Gasteiger partial charge in [0, 0.05) is 38.5 Å². The van der Waals surface area contributed by atoms with E-state index in [0.717, 1.165) is 69.5 Å². The van der Waals surface area contributed by atoms with E-state index in [1.54, 1.807) is 12.1 Å². The molecule has 4 heterocycles. The fraction of sp³-hybridized carbons (Fsp3) is 0.444. The number of carbonyl (C=O) groups is 1. The quantitative estimate of drug-likeness (QED) is 0.376. The molecule has 2 aromatic rings. The van der Waals surface area contributed by atoms with Crippen LogP contribution in [0.3, 0.4) is 0 Å². The molecule has 0 radical (unpaired) electrons. The second-order valence-corrected chi connectivity index (χ2v) is 9.10. The average Bonchev–Trinajstić information content (AvgIpc) is 2.89. The zero-order chi connectivity index (χ0) is 24.5. The van der Waals surface area contributed by atoms with Gasteiger partial charge in [0.1, 0.15) is 17.7 Å². The van der Waals surface area contributed by atoms with Gasteiger partial charge in [0.05, 0.1) is 16.8 Å². The lowest BCUT2D eigenvalue weighted by Crippen LogP contribution is -2.35. The highest BCUT2D eigenvalue weighted by atomic mass is 16.2. The molecule has 1 aromatic heterocycles. The van der Waals surface area contributed by atoms with Crippen molar-refractivity contribution in [2.45, 2.75) is 38.5 Å².